The molecule has 0 aromatic heterocycles. The number of ether oxygens (including phenoxy) is 2. The van der Waals surface area contributed by atoms with E-state index in [0.717, 1.165) is 32.1 Å². The Hall–Kier alpha value is -0.410. The molecular formula is C22H44O3. The number of carbonyl (C=O) groups excluding carboxylic acids is 1. The second-order valence-corrected chi connectivity index (χ2v) is 7.59. The molecule has 0 bridgehead atoms. The van der Waals surface area contributed by atoms with Gasteiger partial charge in [0.05, 0.1) is 18.6 Å². The predicted octanol–water partition coefficient (Wildman–Crippen LogP) is 6.39. The summed E-state index contributed by atoms with van der Waals surface area (Å²) in [5, 5.41) is 0. The van der Waals surface area contributed by atoms with Crippen molar-refractivity contribution < 1.29 is 14.3 Å². The molecule has 1 aliphatic carbocycles. The molecule has 1 saturated heterocycles. The van der Waals surface area contributed by atoms with E-state index in [2.05, 4.69) is 20.8 Å². The number of hydrogen-bond acceptors (Lipinski definition) is 3. The van der Waals surface area contributed by atoms with Gasteiger partial charge in [-0.05, 0) is 45.4 Å². The maximum absolute atomic E-state index is 13.3. The van der Waals surface area contributed by atoms with Crippen molar-refractivity contribution >= 4 is 5.78 Å². The van der Waals surface area contributed by atoms with Crippen molar-refractivity contribution in [3.63, 3.8) is 0 Å². The fourth-order valence-corrected chi connectivity index (χ4v) is 4.11. The van der Waals surface area contributed by atoms with Gasteiger partial charge < -0.3 is 9.47 Å². The molecule has 1 saturated carbocycles. The third-order valence-electron chi connectivity index (χ3n) is 6.18. The minimum Gasteiger partial charge on any atom is -0.347 e. The van der Waals surface area contributed by atoms with E-state index in [9.17, 15) is 4.79 Å². The molecule has 2 rings (SSSR count). The van der Waals surface area contributed by atoms with Crippen molar-refractivity contribution in [1.82, 2.24) is 0 Å². The predicted molar refractivity (Wildman–Crippen MR) is 107 cm³/mol. The van der Waals surface area contributed by atoms with Crippen molar-refractivity contribution in [2.45, 2.75) is 107 Å². The van der Waals surface area contributed by atoms with Gasteiger partial charge in [0.25, 0.3) is 0 Å². The molecule has 3 nitrogen and oxygen atoms in total. The van der Waals surface area contributed by atoms with Crippen molar-refractivity contribution in [3.05, 3.63) is 0 Å². The quantitative estimate of drug-likeness (QED) is 0.572. The highest BCUT2D eigenvalue weighted by Gasteiger charge is 2.62. The normalized spacial score (nSPS) is 27.8. The second-order valence-electron chi connectivity index (χ2n) is 7.59. The van der Waals surface area contributed by atoms with Crippen molar-refractivity contribution in [1.29, 1.82) is 0 Å². The first-order valence-corrected chi connectivity index (χ1v) is 10.7. The highest BCUT2D eigenvalue weighted by atomic mass is 16.7. The molecular weight excluding hydrogens is 312 g/mol. The van der Waals surface area contributed by atoms with E-state index in [0.29, 0.717) is 24.9 Å². The van der Waals surface area contributed by atoms with Crippen LogP contribution in [0.4, 0.5) is 0 Å². The Bertz CT molecular complexity index is 383. The topological polar surface area (TPSA) is 35.5 Å². The Morgan fingerprint density at radius 3 is 1.96 bits per heavy atom. The minimum absolute atomic E-state index is 0.173. The molecule has 2 atom stereocenters. The van der Waals surface area contributed by atoms with Crippen LogP contribution >= 0.6 is 0 Å². The van der Waals surface area contributed by atoms with Crippen LogP contribution in [0.5, 0.6) is 0 Å². The SMILES string of the molecule is CC.CC.CCC(C)CCC1(CC)CCC2(OCCO2)C(C)(C)C1=O. The van der Waals surface area contributed by atoms with Crippen LogP contribution in [-0.4, -0.2) is 24.8 Å². The lowest BCUT2D eigenvalue weighted by atomic mass is 9.56. The maximum atomic E-state index is 13.3. The molecule has 0 aromatic rings. The van der Waals surface area contributed by atoms with Crippen molar-refractivity contribution in [2.24, 2.45) is 16.7 Å². The van der Waals surface area contributed by atoms with E-state index < -0.39 is 11.2 Å². The maximum Gasteiger partial charge on any atom is 0.180 e. The standard InChI is InChI=1S/C18H32O3.2C2H6/c1-6-14(3)8-9-17(7-2)10-11-18(20-12-13-21-18)16(4,5)15(17)19;2*1-2/h14H,6-13H2,1-5H3;2*1-2H3. The van der Waals surface area contributed by atoms with Crippen LogP contribution in [0.1, 0.15) is 101 Å². The molecule has 150 valence electrons. The molecule has 2 fully saturated rings. The Labute approximate surface area is 157 Å². The zero-order valence-electron chi connectivity index (χ0n) is 18.5. The summed E-state index contributed by atoms with van der Waals surface area (Å²) in [6, 6.07) is 0. The van der Waals surface area contributed by atoms with Gasteiger partial charge in [-0.2, -0.15) is 0 Å². The van der Waals surface area contributed by atoms with Crippen LogP contribution in [0, 0.1) is 16.7 Å². The molecule has 0 amide bonds. The zero-order valence-corrected chi connectivity index (χ0v) is 18.5. The molecule has 0 radical (unpaired) electrons. The van der Waals surface area contributed by atoms with Crippen LogP contribution in [0.25, 0.3) is 0 Å². The molecule has 1 aliphatic heterocycles. The molecule has 1 heterocycles. The van der Waals surface area contributed by atoms with Gasteiger partial charge >= 0.3 is 0 Å². The van der Waals surface area contributed by atoms with E-state index in [4.69, 9.17) is 9.47 Å². The monoisotopic (exact) mass is 356 g/mol. The van der Waals surface area contributed by atoms with Crippen LogP contribution in [0.15, 0.2) is 0 Å². The fraction of sp³-hybridized carbons (Fsp3) is 0.955. The summed E-state index contributed by atoms with van der Waals surface area (Å²) in [5.41, 5.74) is -0.722. The van der Waals surface area contributed by atoms with E-state index in [1.165, 1.54) is 6.42 Å². The van der Waals surface area contributed by atoms with Crippen LogP contribution in [-0.2, 0) is 14.3 Å². The molecule has 2 aliphatic rings. The summed E-state index contributed by atoms with van der Waals surface area (Å²) in [6.45, 7) is 19.9. The third-order valence-corrected chi connectivity index (χ3v) is 6.18. The van der Waals surface area contributed by atoms with Crippen molar-refractivity contribution in [3.8, 4) is 0 Å². The highest BCUT2D eigenvalue weighted by Crippen LogP contribution is 2.55. The first kappa shape index (κ1) is 24.6. The second kappa shape index (κ2) is 10.7. The summed E-state index contributed by atoms with van der Waals surface area (Å²) in [6.07, 6.45) is 6.02. The van der Waals surface area contributed by atoms with Gasteiger partial charge in [-0.3, -0.25) is 4.79 Å². The lowest BCUT2D eigenvalue weighted by molar-refractivity contribution is -0.248. The smallest absolute Gasteiger partial charge is 0.180 e. The van der Waals surface area contributed by atoms with E-state index in [1.54, 1.807) is 0 Å². The molecule has 1 spiro atoms. The summed E-state index contributed by atoms with van der Waals surface area (Å²) in [7, 11) is 0. The molecule has 25 heavy (non-hydrogen) atoms. The fourth-order valence-electron chi connectivity index (χ4n) is 4.11. The Morgan fingerprint density at radius 1 is 1.00 bits per heavy atom. The summed E-state index contributed by atoms with van der Waals surface area (Å²) in [5.74, 6) is 0.382. The third kappa shape index (κ3) is 4.86. The number of carbonyl (C=O) groups is 1. The summed E-state index contributed by atoms with van der Waals surface area (Å²) < 4.78 is 11.8. The molecule has 3 heteroatoms. The van der Waals surface area contributed by atoms with E-state index in [1.807, 2.05) is 41.5 Å². The Balaban J connectivity index is 0.00000134. The molecule has 0 N–H and O–H groups in total. The number of ketones is 1. The summed E-state index contributed by atoms with van der Waals surface area (Å²) >= 11 is 0. The van der Waals surface area contributed by atoms with Crippen LogP contribution in [0.3, 0.4) is 0 Å². The van der Waals surface area contributed by atoms with Gasteiger partial charge in [-0.25, -0.2) is 0 Å². The van der Waals surface area contributed by atoms with Gasteiger partial charge in [-0.15, -0.1) is 0 Å². The number of Topliss-reactive ketones (excluding diaryl/α,β-unsaturated/α-hetero) is 1. The lowest BCUT2D eigenvalue weighted by Crippen LogP contribution is -2.59. The van der Waals surface area contributed by atoms with Gasteiger partial charge in [0.15, 0.2) is 5.79 Å². The number of hydrogen-bond donors (Lipinski definition) is 0. The van der Waals surface area contributed by atoms with Gasteiger partial charge in [0.2, 0.25) is 0 Å². The van der Waals surface area contributed by atoms with Gasteiger partial charge in [-0.1, -0.05) is 54.9 Å². The lowest BCUT2D eigenvalue weighted by Gasteiger charge is -2.52. The average molecular weight is 357 g/mol. The van der Waals surface area contributed by atoms with Crippen LogP contribution in [0.2, 0.25) is 0 Å². The first-order chi connectivity index (χ1) is 11.8. The Morgan fingerprint density at radius 2 is 1.52 bits per heavy atom. The first-order valence-electron chi connectivity index (χ1n) is 10.7. The van der Waals surface area contributed by atoms with Crippen LogP contribution < -0.4 is 0 Å². The zero-order chi connectivity index (χ0) is 19.7. The molecule has 2 unspecified atom stereocenters. The van der Waals surface area contributed by atoms with Crippen molar-refractivity contribution in [2.75, 3.05) is 13.2 Å². The van der Waals surface area contributed by atoms with E-state index in [-0.39, 0.29) is 5.41 Å². The minimum atomic E-state index is -0.668. The van der Waals surface area contributed by atoms with Gasteiger partial charge in [0.1, 0.15) is 5.78 Å². The van der Waals surface area contributed by atoms with Gasteiger partial charge in [0, 0.05) is 11.8 Å². The number of rotatable bonds is 5. The highest BCUT2D eigenvalue weighted by molar-refractivity contribution is 5.91. The largest absolute Gasteiger partial charge is 0.347 e. The van der Waals surface area contributed by atoms with E-state index >= 15 is 0 Å². The average Bonchev–Trinajstić information content (AvgIpc) is 3.14. The molecule has 0 aromatic carbocycles. The summed E-state index contributed by atoms with van der Waals surface area (Å²) in [4.78, 5) is 13.3. The Kier molecular flexibility index (Phi) is 10.5.